The summed E-state index contributed by atoms with van der Waals surface area (Å²) in [6, 6.07) is 9.09. The fraction of sp³-hybridized carbons (Fsp3) is 0.143. The van der Waals surface area contributed by atoms with Crippen molar-refractivity contribution < 1.29 is 14.1 Å². The van der Waals surface area contributed by atoms with Gasteiger partial charge < -0.3 is 15.1 Å². The van der Waals surface area contributed by atoms with Crippen LogP contribution in [0.2, 0.25) is 0 Å². The number of nitro benzene ring substituents is 1. The van der Waals surface area contributed by atoms with Crippen molar-refractivity contribution in [1.29, 1.82) is 5.26 Å². The van der Waals surface area contributed by atoms with Crippen molar-refractivity contribution in [2.24, 2.45) is 0 Å². The second-order valence-corrected chi connectivity index (χ2v) is 4.26. The van der Waals surface area contributed by atoms with Gasteiger partial charge in [-0.3, -0.25) is 14.9 Å². The molecule has 22 heavy (non-hydrogen) atoms. The second kappa shape index (κ2) is 6.90. The topological polar surface area (TPSA) is 121 Å². The number of nitro groups is 1. The van der Waals surface area contributed by atoms with Gasteiger partial charge in [0.25, 0.3) is 11.6 Å². The third kappa shape index (κ3) is 3.61. The first-order valence-electron chi connectivity index (χ1n) is 6.36. The molecule has 0 radical (unpaired) electrons. The van der Waals surface area contributed by atoms with Gasteiger partial charge >= 0.3 is 0 Å². The smallest absolute Gasteiger partial charge is 0.292 e. The number of amides is 1. The van der Waals surface area contributed by atoms with E-state index in [1.54, 1.807) is 6.07 Å². The van der Waals surface area contributed by atoms with Crippen molar-refractivity contribution in [1.82, 2.24) is 5.32 Å². The monoisotopic (exact) mass is 300 g/mol. The maximum absolute atomic E-state index is 11.6. The number of nitrogens with one attached hydrogen (secondary N) is 2. The van der Waals surface area contributed by atoms with Gasteiger partial charge in [0, 0.05) is 19.2 Å². The Kier molecular flexibility index (Phi) is 4.72. The van der Waals surface area contributed by atoms with Crippen LogP contribution in [-0.2, 0) is 0 Å². The number of carbonyl (C=O) groups is 1. The summed E-state index contributed by atoms with van der Waals surface area (Å²) in [5, 5.41) is 25.2. The van der Waals surface area contributed by atoms with Gasteiger partial charge in [0.15, 0.2) is 5.76 Å². The number of carbonyl (C=O) groups excluding carboxylic acids is 1. The van der Waals surface area contributed by atoms with E-state index < -0.39 is 4.92 Å². The molecule has 8 nitrogen and oxygen atoms in total. The summed E-state index contributed by atoms with van der Waals surface area (Å²) < 4.78 is 4.93. The second-order valence-electron chi connectivity index (χ2n) is 4.26. The van der Waals surface area contributed by atoms with Crippen LogP contribution in [0.5, 0.6) is 0 Å². The van der Waals surface area contributed by atoms with Gasteiger partial charge in [-0.05, 0) is 24.3 Å². The molecule has 0 aliphatic carbocycles. The molecule has 2 rings (SSSR count). The molecule has 8 heteroatoms. The van der Waals surface area contributed by atoms with Crippen molar-refractivity contribution in [2.45, 2.75) is 0 Å². The molecule has 0 spiro atoms. The van der Waals surface area contributed by atoms with Crippen molar-refractivity contribution in [3.05, 3.63) is 58.0 Å². The van der Waals surface area contributed by atoms with Gasteiger partial charge in [0.2, 0.25) is 0 Å². The molecule has 0 saturated carbocycles. The standard InChI is InChI=1S/C14H12N4O4/c15-9-10-3-4-12(18(20)21)11(8-10)16-5-6-17-14(19)13-2-1-7-22-13/h1-4,7-8,16H,5-6H2,(H,17,19). The third-order valence-corrected chi connectivity index (χ3v) is 2.79. The van der Waals surface area contributed by atoms with Gasteiger partial charge in [-0.25, -0.2) is 0 Å². The lowest BCUT2D eigenvalue weighted by Crippen LogP contribution is -2.28. The highest BCUT2D eigenvalue weighted by Crippen LogP contribution is 2.24. The van der Waals surface area contributed by atoms with Crippen LogP contribution < -0.4 is 10.6 Å². The van der Waals surface area contributed by atoms with Gasteiger partial charge in [0.05, 0.1) is 22.8 Å². The quantitative estimate of drug-likeness (QED) is 0.477. The first kappa shape index (κ1) is 15.1. The van der Waals surface area contributed by atoms with Crippen LogP contribution in [0.1, 0.15) is 16.1 Å². The Morgan fingerprint density at radius 3 is 2.82 bits per heavy atom. The number of anilines is 1. The average molecular weight is 300 g/mol. The zero-order valence-electron chi connectivity index (χ0n) is 11.4. The van der Waals surface area contributed by atoms with E-state index in [4.69, 9.17) is 9.68 Å². The number of hydrogen-bond donors (Lipinski definition) is 2. The predicted octanol–water partition coefficient (Wildman–Crippen LogP) is 1.90. The van der Waals surface area contributed by atoms with E-state index in [1.807, 2.05) is 6.07 Å². The van der Waals surface area contributed by atoms with E-state index >= 15 is 0 Å². The van der Waals surface area contributed by atoms with Crippen molar-refractivity contribution in [2.75, 3.05) is 18.4 Å². The van der Waals surface area contributed by atoms with Crippen LogP contribution in [0.4, 0.5) is 11.4 Å². The Morgan fingerprint density at radius 1 is 1.36 bits per heavy atom. The molecule has 0 fully saturated rings. The molecular weight excluding hydrogens is 288 g/mol. The van der Waals surface area contributed by atoms with E-state index in [9.17, 15) is 14.9 Å². The molecule has 112 valence electrons. The summed E-state index contributed by atoms with van der Waals surface area (Å²) >= 11 is 0. The van der Waals surface area contributed by atoms with E-state index in [-0.39, 0.29) is 36.1 Å². The SMILES string of the molecule is N#Cc1ccc([N+](=O)[O-])c(NCCNC(=O)c2ccco2)c1. The zero-order chi connectivity index (χ0) is 15.9. The molecule has 0 bridgehead atoms. The van der Waals surface area contributed by atoms with E-state index in [0.29, 0.717) is 5.56 Å². The fourth-order valence-corrected chi connectivity index (χ4v) is 1.77. The minimum Gasteiger partial charge on any atom is -0.459 e. The molecule has 1 amide bonds. The maximum atomic E-state index is 11.6. The summed E-state index contributed by atoms with van der Waals surface area (Å²) in [6.07, 6.45) is 1.39. The zero-order valence-corrected chi connectivity index (χ0v) is 11.4. The van der Waals surface area contributed by atoms with Crippen molar-refractivity contribution in [3.8, 4) is 6.07 Å². The number of rotatable bonds is 6. The molecule has 0 aliphatic heterocycles. The Labute approximate surface area is 125 Å². The summed E-state index contributed by atoms with van der Waals surface area (Å²) in [5.41, 5.74) is 0.417. The molecule has 0 atom stereocenters. The Morgan fingerprint density at radius 2 is 2.18 bits per heavy atom. The van der Waals surface area contributed by atoms with E-state index in [2.05, 4.69) is 10.6 Å². The molecule has 0 saturated heterocycles. The van der Waals surface area contributed by atoms with Crippen molar-refractivity contribution >= 4 is 17.3 Å². The van der Waals surface area contributed by atoms with E-state index in [1.165, 1.54) is 30.5 Å². The van der Waals surface area contributed by atoms with Crippen LogP contribution in [0, 0.1) is 21.4 Å². The minimum absolute atomic E-state index is 0.128. The van der Waals surface area contributed by atoms with Crippen LogP contribution in [0.25, 0.3) is 0 Å². The fourth-order valence-electron chi connectivity index (χ4n) is 1.77. The highest BCUT2D eigenvalue weighted by molar-refractivity contribution is 5.91. The lowest BCUT2D eigenvalue weighted by Gasteiger charge is -2.08. The molecule has 2 N–H and O–H groups in total. The lowest BCUT2D eigenvalue weighted by atomic mass is 10.2. The van der Waals surface area contributed by atoms with Gasteiger partial charge in [-0.2, -0.15) is 5.26 Å². The Balaban J connectivity index is 1.92. The van der Waals surface area contributed by atoms with Crippen molar-refractivity contribution in [3.63, 3.8) is 0 Å². The molecule has 1 heterocycles. The molecule has 0 aliphatic rings. The normalized spacial score (nSPS) is 9.77. The number of nitriles is 1. The largest absolute Gasteiger partial charge is 0.459 e. The Bertz CT molecular complexity index is 719. The molecular formula is C14H12N4O4. The third-order valence-electron chi connectivity index (χ3n) is 2.79. The summed E-state index contributed by atoms with van der Waals surface area (Å²) in [6.45, 7) is 0.510. The van der Waals surface area contributed by atoms with Crippen LogP contribution >= 0.6 is 0 Å². The average Bonchev–Trinajstić information content (AvgIpc) is 3.05. The summed E-state index contributed by atoms with van der Waals surface area (Å²) in [5.74, 6) is -0.176. The maximum Gasteiger partial charge on any atom is 0.292 e. The Hall–Kier alpha value is -3.34. The number of furan rings is 1. The number of benzene rings is 1. The highest BCUT2D eigenvalue weighted by Gasteiger charge is 2.14. The first-order chi connectivity index (χ1) is 10.6. The first-order valence-corrected chi connectivity index (χ1v) is 6.36. The van der Waals surface area contributed by atoms with Crippen LogP contribution in [0.15, 0.2) is 41.0 Å². The number of hydrogen-bond acceptors (Lipinski definition) is 6. The van der Waals surface area contributed by atoms with Gasteiger partial charge in [-0.15, -0.1) is 0 Å². The number of nitrogens with zero attached hydrogens (tertiary/aromatic N) is 2. The molecule has 1 aromatic heterocycles. The summed E-state index contributed by atoms with van der Waals surface area (Å²) in [4.78, 5) is 22.0. The summed E-state index contributed by atoms with van der Waals surface area (Å²) in [7, 11) is 0. The van der Waals surface area contributed by atoms with Gasteiger partial charge in [0.1, 0.15) is 5.69 Å². The van der Waals surface area contributed by atoms with Gasteiger partial charge in [-0.1, -0.05) is 0 Å². The van der Waals surface area contributed by atoms with Crippen LogP contribution in [0.3, 0.4) is 0 Å². The highest BCUT2D eigenvalue weighted by atomic mass is 16.6. The minimum atomic E-state index is -0.537. The predicted molar refractivity (Wildman–Crippen MR) is 77.3 cm³/mol. The van der Waals surface area contributed by atoms with E-state index in [0.717, 1.165) is 0 Å². The van der Waals surface area contributed by atoms with Crippen LogP contribution in [-0.4, -0.2) is 23.9 Å². The molecule has 0 unspecified atom stereocenters. The molecule has 2 aromatic rings. The lowest BCUT2D eigenvalue weighted by molar-refractivity contribution is -0.384. The molecule has 1 aromatic carbocycles.